The topological polar surface area (TPSA) is 9.23 Å². The van der Waals surface area contributed by atoms with E-state index in [1.54, 1.807) is 0 Å². The molecular formula is C8H14O. The van der Waals surface area contributed by atoms with Gasteiger partial charge in [0.1, 0.15) is 0 Å². The molecule has 0 bridgehead atoms. The van der Waals surface area contributed by atoms with Gasteiger partial charge in [-0.2, -0.15) is 0 Å². The molecule has 1 saturated heterocycles. The van der Waals surface area contributed by atoms with Crippen LogP contribution in [0.1, 0.15) is 32.6 Å². The van der Waals surface area contributed by atoms with Crippen molar-refractivity contribution in [2.75, 3.05) is 6.61 Å². The third kappa shape index (κ3) is 0.787. The average Bonchev–Trinajstić information content (AvgIpc) is 2.44. The van der Waals surface area contributed by atoms with Gasteiger partial charge in [0, 0.05) is 6.61 Å². The fraction of sp³-hybridized carbons (Fsp3) is 1.00. The second-order valence-electron chi connectivity index (χ2n) is 3.48. The third-order valence-electron chi connectivity index (χ3n) is 2.77. The summed E-state index contributed by atoms with van der Waals surface area (Å²) in [6, 6.07) is 0. The molecule has 2 fully saturated rings. The van der Waals surface area contributed by atoms with Gasteiger partial charge in [-0.1, -0.05) is 6.92 Å². The zero-order chi connectivity index (χ0) is 6.32. The summed E-state index contributed by atoms with van der Waals surface area (Å²) in [7, 11) is 0. The van der Waals surface area contributed by atoms with Crippen molar-refractivity contribution in [2.24, 2.45) is 5.92 Å². The molecule has 1 heteroatoms. The van der Waals surface area contributed by atoms with Gasteiger partial charge in [0.05, 0.1) is 5.60 Å². The van der Waals surface area contributed by atoms with Crippen LogP contribution in [-0.2, 0) is 4.74 Å². The highest BCUT2D eigenvalue weighted by Crippen LogP contribution is 2.51. The van der Waals surface area contributed by atoms with Gasteiger partial charge >= 0.3 is 0 Å². The fourth-order valence-electron chi connectivity index (χ4n) is 1.88. The first-order valence-corrected chi connectivity index (χ1v) is 3.97. The summed E-state index contributed by atoms with van der Waals surface area (Å²) < 4.78 is 5.69. The van der Waals surface area contributed by atoms with E-state index >= 15 is 0 Å². The van der Waals surface area contributed by atoms with Crippen molar-refractivity contribution in [3.05, 3.63) is 0 Å². The predicted molar refractivity (Wildman–Crippen MR) is 36.3 cm³/mol. The van der Waals surface area contributed by atoms with Gasteiger partial charge in [0.2, 0.25) is 0 Å². The molecule has 2 rings (SSSR count). The molecule has 1 aliphatic carbocycles. The molecule has 0 aromatic heterocycles. The van der Waals surface area contributed by atoms with Crippen molar-refractivity contribution in [2.45, 2.75) is 38.2 Å². The lowest BCUT2D eigenvalue weighted by Crippen LogP contribution is -2.22. The molecule has 1 heterocycles. The first-order valence-electron chi connectivity index (χ1n) is 3.97. The highest BCUT2D eigenvalue weighted by molar-refractivity contribution is 5.03. The van der Waals surface area contributed by atoms with E-state index in [2.05, 4.69) is 6.92 Å². The van der Waals surface area contributed by atoms with Gasteiger partial charge in [0.15, 0.2) is 0 Å². The van der Waals surface area contributed by atoms with Crippen molar-refractivity contribution in [3.63, 3.8) is 0 Å². The van der Waals surface area contributed by atoms with Crippen molar-refractivity contribution in [1.82, 2.24) is 0 Å². The molecule has 2 aliphatic rings. The summed E-state index contributed by atoms with van der Waals surface area (Å²) in [6.07, 6.45) is 5.33. The Balaban J connectivity index is 1.97. The largest absolute Gasteiger partial charge is 0.375 e. The minimum absolute atomic E-state index is 0.387. The number of hydrogen-bond acceptors (Lipinski definition) is 1. The summed E-state index contributed by atoms with van der Waals surface area (Å²) in [4.78, 5) is 0. The van der Waals surface area contributed by atoms with Gasteiger partial charge in [-0.25, -0.2) is 0 Å². The van der Waals surface area contributed by atoms with Gasteiger partial charge in [0.25, 0.3) is 0 Å². The normalized spacial score (nSPS) is 49.7. The Kier molecular flexibility index (Phi) is 1.10. The van der Waals surface area contributed by atoms with Crippen molar-refractivity contribution in [3.8, 4) is 0 Å². The maximum Gasteiger partial charge on any atom is 0.0712 e. The summed E-state index contributed by atoms with van der Waals surface area (Å²) in [5.41, 5.74) is 0.387. The second-order valence-corrected chi connectivity index (χ2v) is 3.48. The highest BCUT2D eigenvalue weighted by Gasteiger charge is 2.52. The molecule has 0 radical (unpaired) electrons. The standard InChI is InChI=1S/C8H14O/c1-7-6-8(7)4-2-3-5-9-8/h7H,2-6H2,1H3. The minimum Gasteiger partial charge on any atom is -0.375 e. The molecule has 1 saturated carbocycles. The van der Waals surface area contributed by atoms with Crippen LogP contribution in [0.3, 0.4) is 0 Å². The Hall–Kier alpha value is -0.0400. The fourth-order valence-corrected chi connectivity index (χ4v) is 1.88. The van der Waals surface area contributed by atoms with Crippen LogP contribution in [0.15, 0.2) is 0 Å². The first kappa shape index (κ1) is 5.72. The van der Waals surface area contributed by atoms with E-state index in [4.69, 9.17) is 4.74 Å². The lowest BCUT2D eigenvalue weighted by Gasteiger charge is -2.22. The molecule has 0 aromatic rings. The smallest absolute Gasteiger partial charge is 0.0712 e. The van der Waals surface area contributed by atoms with Crippen LogP contribution in [0.25, 0.3) is 0 Å². The van der Waals surface area contributed by atoms with E-state index in [0.717, 1.165) is 12.5 Å². The van der Waals surface area contributed by atoms with Crippen LogP contribution in [0.4, 0.5) is 0 Å². The van der Waals surface area contributed by atoms with E-state index in [0.29, 0.717) is 5.60 Å². The molecule has 0 N–H and O–H groups in total. The molecule has 0 aromatic carbocycles. The van der Waals surface area contributed by atoms with Gasteiger partial charge < -0.3 is 4.74 Å². The quantitative estimate of drug-likeness (QED) is 0.482. The molecule has 0 amide bonds. The molecular weight excluding hydrogens is 112 g/mol. The number of ether oxygens (including phenoxy) is 1. The maximum absolute atomic E-state index is 5.69. The Morgan fingerprint density at radius 2 is 2.22 bits per heavy atom. The second kappa shape index (κ2) is 1.72. The average molecular weight is 126 g/mol. The molecule has 9 heavy (non-hydrogen) atoms. The van der Waals surface area contributed by atoms with Crippen LogP contribution >= 0.6 is 0 Å². The summed E-state index contributed by atoms with van der Waals surface area (Å²) >= 11 is 0. The van der Waals surface area contributed by atoms with Crippen LogP contribution in [0.5, 0.6) is 0 Å². The van der Waals surface area contributed by atoms with E-state index in [-0.39, 0.29) is 0 Å². The van der Waals surface area contributed by atoms with Gasteiger partial charge in [-0.05, 0) is 31.6 Å². The van der Waals surface area contributed by atoms with E-state index in [9.17, 15) is 0 Å². The van der Waals surface area contributed by atoms with E-state index in [1.807, 2.05) is 0 Å². The Bertz CT molecular complexity index is 114. The van der Waals surface area contributed by atoms with Crippen molar-refractivity contribution < 1.29 is 4.74 Å². The number of hydrogen-bond donors (Lipinski definition) is 0. The van der Waals surface area contributed by atoms with Crippen LogP contribution in [-0.4, -0.2) is 12.2 Å². The molecule has 2 atom stereocenters. The van der Waals surface area contributed by atoms with Crippen LogP contribution in [0.2, 0.25) is 0 Å². The molecule has 1 aliphatic heterocycles. The maximum atomic E-state index is 5.69. The molecule has 1 nitrogen and oxygen atoms in total. The Labute approximate surface area is 56.4 Å². The number of rotatable bonds is 0. The van der Waals surface area contributed by atoms with Crippen LogP contribution in [0, 0.1) is 5.92 Å². The first-order chi connectivity index (χ1) is 4.33. The van der Waals surface area contributed by atoms with Crippen molar-refractivity contribution >= 4 is 0 Å². The summed E-state index contributed by atoms with van der Waals surface area (Å²) in [5, 5.41) is 0. The lowest BCUT2D eigenvalue weighted by atomic mass is 10.1. The zero-order valence-corrected chi connectivity index (χ0v) is 6.02. The minimum atomic E-state index is 0.387. The van der Waals surface area contributed by atoms with Gasteiger partial charge in [-0.15, -0.1) is 0 Å². The summed E-state index contributed by atoms with van der Waals surface area (Å²) in [5.74, 6) is 0.859. The van der Waals surface area contributed by atoms with E-state index < -0.39 is 0 Å². The Morgan fingerprint density at radius 3 is 2.56 bits per heavy atom. The van der Waals surface area contributed by atoms with Crippen LogP contribution < -0.4 is 0 Å². The molecule has 1 spiro atoms. The third-order valence-corrected chi connectivity index (χ3v) is 2.77. The lowest BCUT2D eigenvalue weighted by molar-refractivity contribution is -0.0138. The predicted octanol–water partition coefficient (Wildman–Crippen LogP) is 1.97. The zero-order valence-electron chi connectivity index (χ0n) is 6.02. The molecule has 52 valence electrons. The van der Waals surface area contributed by atoms with E-state index in [1.165, 1.54) is 25.7 Å². The SMILES string of the molecule is CC1CC12CCCCO2. The van der Waals surface area contributed by atoms with Gasteiger partial charge in [-0.3, -0.25) is 0 Å². The molecule has 2 unspecified atom stereocenters. The highest BCUT2D eigenvalue weighted by atomic mass is 16.5. The van der Waals surface area contributed by atoms with Crippen molar-refractivity contribution in [1.29, 1.82) is 0 Å². The monoisotopic (exact) mass is 126 g/mol. The summed E-state index contributed by atoms with van der Waals surface area (Å²) in [6.45, 7) is 3.32. The Morgan fingerprint density at radius 1 is 1.44 bits per heavy atom.